The summed E-state index contributed by atoms with van der Waals surface area (Å²) in [5.41, 5.74) is 6.29. The Morgan fingerprint density at radius 2 is 1.77 bits per heavy atom. The molecule has 1 amide bonds. The van der Waals surface area contributed by atoms with Crippen LogP contribution in [0.4, 0.5) is 5.69 Å². The highest BCUT2D eigenvalue weighted by Crippen LogP contribution is 2.37. The van der Waals surface area contributed by atoms with Gasteiger partial charge < -0.3 is 14.6 Å². The summed E-state index contributed by atoms with van der Waals surface area (Å²) >= 11 is 0. The second kappa shape index (κ2) is 6.37. The Bertz CT molecular complexity index is 937. The van der Waals surface area contributed by atoms with E-state index in [4.69, 9.17) is 4.42 Å². The van der Waals surface area contributed by atoms with Crippen molar-refractivity contribution in [1.29, 1.82) is 0 Å². The zero-order chi connectivity index (χ0) is 18.3. The second-order valence-electron chi connectivity index (χ2n) is 6.92. The molecule has 1 atom stereocenters. The Kier molecular flexibility index (Phi) is 4.03. The van der Waals surface area contributed by atoms with E-state index in [1.54, 1.807) is 6.26 Å². The van der Waals surface area contributed by atoms with Crippen molar-refractivity contribution < 1.29 is 9.21 Å². The van der Waals surface area contributed by atoms with Gasteiger partial charge in [0.05, 0.1) is 18.4 Å². The molecule has 0 fully saturated rings. The fraction of sp³-hybridized carbons (Fsp3) is 0.227. The van der Waals surface area contributed by atoms with Crippen LogP contribution in [0.2, 0.25) is 0 Å². The first-order chi connectivity index (χ1) is 12.5. The largest absolute Gasteiger partial charge is 0.467 e. The highest BCUT2D eigenvalue weighted by molar-refractivity contribution is 6.01. The molecule has 3 aromatic rings. The molecule has 1 aliphatic rings. The Labute approximate surface area is 153 Å². The van der Waals surface area contributed by atoms with Crippen LogP contribution in [-0.4, -0.2) is 10.8 Å². The molecule has 0 aliphatic carbocycles. The summed E-state index contributed by atoms with van der Waals surface area (Å²) < 4.78 is 5.51. The summed E-state index contributed by atoms with van der Waals surface area (Å²) in [7, 11) is 0. The molecule has 0 saturated carbocycles. The van der Waals surface area contributed by atoms with E-state index in [0.717, 1.165) is 17.0 Å². The Balaban J connectivity index is 1.84. The van der Waals surface area contributed by atoms with Gasteiger partial charge in [-0.25, -0.2) is 0 Å². The maximum atomic E-state index is 13.3. The molecule has 4 heteroatoms. The molecule has 0 spiro atoms. The van der Waals surface area contributed by atoms with Gasteiger partial charge in [-0.3, -0.25) is 4.79 Å². The highest BCUT2D eigenvalue weighted by atomic mass is 16.3. The molecule has 2 aromatic carbocycles. The molecule has 26 heavy (non-hydrogen) atoms. The van der Waals surface area contributed by atoms with Gasteiger partial charge in [-0.2, -0.15) is 0 Å². The second-order valence-corrected chi connectivity index (χ2v) is 6.92. The lowest BCUT2D eigenvalue weighted by molar-refractivity contribution is 0.0650. The van der Waals surface area contributed by atoms with E-state index in [1.165, 1.54) is 16.7 Å². The molecule has 1 aliphatic heterocycles. The van der Waals surface area contributed by atoms with Crippen LogP contribution in [0, 0.1) is 20.8 Å². The number of rotatable bonds is 3. The molecule has 2 heterocycles. The van der Waals surface area contributed by atoms with Crippen LogP contribution in [0.3, 0.4) is 0 Å². The van der Waals surface area contributed by atoms with Gasteiger partial charge >= 0.3 is 0 Å². The van der Waals surface area contributed by atoms with Crippen LogP contribution in [-0.2, 0) is 6.54 Å². The lowest BCUT2D eigenvalue weighted by Gasteiger charge is -2.39. The minimum Gasteiger partial charge on any atom is -0.467 e. The third-order valence-corrected chi connectivity index (χ3v) is 4.94. The first-order valence-corrected chi connectivity index (χ1v) is 8.81. The third kappa shape index (κ3) is 2.77. The zero-order valence-electron chi connectivity index (χ0n) is 15.2. The Morgan fingerprint density at radius 3 is 2.46 bits per heavy atom. The highest BCUT2D eigenvalue weighted by Gasteiger charge is 2.34. The average Bonchev–Trinajstić information content (AvgIpc) is 3.10. The summed E-state index contributed by atoms with van der Waals surface area (Å²) in [6.07, 6.45) is 1.41. The van der Waals surface area contributed by atoms with Gasteiger partial charge in [-0.05, 0) is 56.2 Å². The number of nitrogens with zero attached hydrogens (tertiary/aromatic N) is 1. The third-order valence-electron chi connectivity index (χ3n) is 4.94. The van der Waals surface area contributed by atoms with Crippen molar-refractivity contribution in [3.05, 3.63) is 88.4 Å². The van der Waals surface area contributed by atoms with Gasteiger partial charge in [0.25, 0.3) is 5.91 Å². The molecule has 132 valence electrons. The lowest BCUT2D eigenvalue weighted by atomic mass is 9.94. The molecule has 0 radical (unpaired) electrons. The number of benzene rings is 2. The van der Waals surface area contributed by atoms with E-state index in [9.17, 15) is 4.79 Å². The summed E-state index contributed by atoms with van der Waals surface area (Å²) in [6.45, 7) is 6.73. The predicted octanol–water partition coefficient (Wildman–Crippen LogP) is 4.97. The maximum Gasteiger partial charge on any atom is 0.258 e. The van der Waals surface area contributed by atoms with Crippen LogP contribution in [0.15, 0.2) is 59.2 Å². The standard InChI is InChI=1S/C22H22N2O2/c1-14-11-15(2)20(16(3)12-14)21-23-19-9-5-4-8-18(19)22(25)24(21)13-17-7-6-10-26-17/h4-12,21,23H,13H2,1-3H3. The number of nitrogens with one attached hydrogen (secondary N) is 1. The summed E-state index contributed by atoms with van der Waals surface area (Å²) in [5, 5.41) is 3.57. The van der Waals surface area contributed by atoms with Gasteiger partial charge in [0.15, 0.2) is 0 Å². The smallest absolute Gasteiger partial charge is 0.258 e. The molecule has 0 saturated heterocycles. The summed E-state index contributed by atoms with van der Waals surface area (Å²) in [5.74, 6) is 0.784. The van der Waals surface area contributed by atoms with Gasteiger partial charge in [-0.15, -0.1) is 0 Å². The number of aryl methyl sites for hydroxylation is 3. The number of carbonyl (C=O) groups excluding carboxylic acids is 1. The van der Waals surface area contributed by atoms with Crippen molar-refractivity contribution in [3.63, 3.8) is 0 Å². The maximum absolute atomic E-state index is 13.3. The number of fused-ring (bicyclic) bond motifs is 1. The molecule has 0 bridgehead atoms. The van der Waals surface area contributed by atoms with E-state index in [1.807, 2.05) is 41.3 Å². The SMILES string of the molecule is Cc1cc(C)c(C2Nc3ccccc3C(=O)N2Cc2ccco2)c(C)c1. The predicted molar refractivity (Wildman–Crippen MR) is 102 cm³/mol. The van der Waals surface area contributed by atoms with Gasteiger partial charge in [0, 0.05) is 11.3 Å². The average molecular weight is 346 g/mol. The van der Waals surface area contributed by atoms with Crippen molar-refractivity contribution in [3.8, 4) is 0 Å². The molecule has 1 aromatic heterocycles. The number of amides is 1. The summed E-state index contributed by atoms with van der Waals surface area (Å²) in [6, 6.07) is 15.8. The monoisotopic (exact) mass is 346 g/mol. The number of hydrogen-bond donors (Lipinski definition) is 1. The molecule has 1 unspecified atom stereocenters. The number of furan rings is 1. The number of para-hydroxylation sites is 1. The topological polar surface area (TPSA) is 45.5 Å². The Morgan fingerprint density at radius 1 is 1.04 bits per heavy atom. The van der Waals surface area contributed by atoms with Crippen LogP contribution < -0.4 is 5.32 Å². The van der Waals surface area contributed by atoms with Crippen LogP contribution in [0.25, 0.3) is 0 Å². The molecular formula is C22H22N2O2. The van der Waals surface area contributed by atoms with Crippen molar-refractivity contribution in [2.24, 2.45) is 0 Å². The first-order valence-electron chi connectivity index (χ1n) is 8.81. The fourth-order valence-electron chi connectivity index (χ4n) is 3.88. The van der Waals surface area contributed by atoms with Crippen molar-refractivity contribution in [2.75, 3.05) is 5.32 Å². The molecule has 4 nitrogen and oxygen atoms in total. The number of hydrogen-bond acceptors (Lipinski definition) is 3. The fourth-order valence-corrected chi connectivity index (χ4v) is 3.88. The molecular weight excluding hydrogens is 324 g/mol. The van der Waals surface area contributed by atoms with E-state index < -0.39 is 0 Å². The normalized spacial score (nSPS) is 16.3. The lowest BCUT2D eigenvalue weighted by Crippen LogP contribution is -2.43. The molecule has 1 N–H and O–H groups in total. The van der Waals surface area contributed by atoms with Crippen LogP contribution >= 0.6 is 0 Å². The van der Waals surface area contributed by atoms with Crippen molar-refractivity contribution in [2.45, 2.75) is 33.5 Å². The minimum atomic E-state index is -0.233. The number of carbonyl (C=O) groups is 1. The van der Waals surface area contributed by atoms with Gasteiger partial charge in [-0.1, -0.05) is 29.8 Å². The van der Waals surface area contributed by atoms with E-state index in [2.05, 4.69) is 38.2 Å². The molecule has 4 rings (SSSR count). The Hall–Kier alpha value is -3.01. The van der Waals surface area contributed by atoms with Crippen molar-refractivity contribution in [1.82, 2.24) is 4.90 Å². The zero-order valence-corrected chi connectivity index (χ0v) is 15.2. The number of anilines is 1. The van der Waals surface area contributed by atoms with E-state index in [0.29, 0.717) is 12.1 Å². The van der Waals surface area contributed by atoms with Crippen molar-refractivity contribution >= 4 is 11.6 Å². The minimum absolute atomic E-state index is 0.0140. The van der Waals surface area contributed by atoms with Gasteiger partial charge in [0.2, 0.25) is 0 Å². The summed E-state index contributed by atoms with van der Waals surface area (Å²) in [4.78, 5) is 15.1. The van der Waals surface area contributed by atoms with E-state index in [-0.39, 0.29) is 12.1 Å². The first kappa shape index (κ1) is 16.5. The quantitative estimate of drug-likeness (QED) is 0.728. The van der Waals surface area contributed by atoms with E-state index >= 15 is 0 Å². The van der Waals surface area contributed by atoms with Crippen LogP contribution in [0.5, 0.6) is 0 Å². The van der Waals surface area contributed by atoms with Gasteiger partial charge in [0.1, 0.15) is 11.9 Å². The van der Waals surface area contributed by atoms with Crippen LogP contribution in [0.1, 0.15) is 44.5 Å².